The van der Waals surface area contributed by atoms with Crippen LogP contribution in [0.4, 0.5) is 0 Å². The quantitative estimate of drug-likeness (QED) is 0.359. The molecule has 0 spiro atoms. The Labute approximate surface area is 121 Å². The molecule has 0 aromatic carbocycles. The molecule has 0 aliphatic carbocycles. The fourth-order valence-electron chi connectivity index (χ4n) is 0.852. The van der Waals surface area contributed by atoms with E-state index in [0.717, 1.165) is 6.42 Å². The molecule has 0 aliphatic heterocycles. The largest absolute Gasteiger partial charge is 0.463 e. The number of carbonyl (C=O) groups is 1. The van der Waals surface area contributed by atoms with Crippen LogP contribution >= 0.6 is 0 Å². The van der Waals surface area contributed by atoms with Crippen molar-refractivity contribution in [1.82, 2.24) is 0 Å². The van der Waals surface area contributed by atoms with Crippen molar-refractivity contribution in [3.05, 3.63) is 0 Å². The minimum Gasteiger partial charge on any atom is -0.463 e. The summed E-state index contributed by atoms with van der Waals surface area (Å²) in [5.41, 5.74) is 0. The molecule has 0 fully saturated rings. The maximum atomic E-state index is 10.0. The number of aliphatic hydroxyl groups excluding tert-OH is 4. The van der Waals surface area contributed by atoms with Crippen LogP contribution in [0.15, 0.2) is 0 Å². The van der Waals surface area contributed by atoms with Crippen LogP contribution in [0.5, 0.6) is 0 Å². The smallest absolute Gasteiger partial charge is 0.302 e. The Bertz CT molecular complexity index is 176. The second-order valence-electron chi connectivity index (χ2n) is 3.70. The summed E-state index contributed by atoms with van der Waals surface area (Å²) in [5, 5.41) is 33.0. The molecule has 20 heavy (non-hydrogen) atoms. The molecular formula is C13H30O7. The van der Waals surface area contributed by atoms with E-state index >= 15 is 0 Å². The summed E-state index contributed by atoms with van der Waals surface area (Å²) < 4.78 is 9.13. The van der Waals surface area contributed by atoms with Crippen molar-refractivity contribution < 1.29 is 34.7 Å². The standard InChI is InChI=1S/C6H14O3.C5H10O3.C2H6O/c7-4-2-1-3-6(9)5-8;1-5(6)8-4-3-7-2;1-2-3/h6-9H,1-5H2;3-4H2,1-2H3;3H,2H2,1H3. The summed E-state index contributed by atoms with van der Waals surface area (Å²) in [7, 11) is 1.56. The molecule has 4 N–H and O–H groups in total. The van der Waals surface area contributed by atoms with Crippen molar-refractivity contribution in [3.63, 3.8) is 0 Å². The monoisotopic (exact) mass is 298 g/mol. The van der Waals surface area contributed by atoms with E-state index in [2.05, 4.69) is 9.47 Å². The van der Waals surface area contributed by atoms with Gasteiger partial charge in [-0.3, -0.25) is 4.79 Å². The molecule has 1 atom stereocenters. The van der Waals surface area contributed by atoms with Crippen LogP contribution in [0, 0.1) is 0 Å². The summed E-state index contributed by atoms with van der Waals surface area (Å²) in [6.07, 6.45) is 1.46. The summed E-state index contributed by atoms with van der Waals surface area (Å²) in [6, 6.07) is 0. The van der Waals surface area contributed by atoms with Crippen molar-refractivity contribution in [1.29, 1.82) is 0 Å². The van der Waals surface area contributed by atoms with Gasteiger partial charge in [-0.15, -0.1) is 0 Å². The molecule has 0 aromatic heterocycles. The first kappa shape index (κ1) is 24.3. The molecule has 124 valence electrons. The van der Waals surface area contributed by atoms with Crippen LogP contribution in [-0.4, -0.2) is 72.6 Å². The van der Waals surface area contributed by atoms with Gasteiger partial charge in [-0.1, -0.05) is 0 Å². The third kappa shape index (κ3) is 36.0. The highest BCUT2D eigenvalue weighted by atomic mass is 16.6. The zero-order valence-corrected chi connectivity index (χ0v) is 12.7. The minimum absolute atomic E-state index is 0.165. The Morgan fingerprint density at radius 3 is 2.05 bits per heavy atom. The van der Waals surface area contributed by atoms with Gasteiger partial charge in [0.15, 0.2) is 0 Å². The third-order valence-electron chi connectivity index (χ3n) is 1.75. The topological polar surface area (TPSA) is 116 Å². The first-order valence-electron chi connectivity index (χ1n) is 6.62. The molecule has 0 heterocycles. The van der Waals surface area contributed by atoms with E-state index in [-0.39, 0.29) is 25.8 Å². The van der Waals surface area contributed by atoms with Crippen LogP contribution in [0.2, 0.25) is 0 Å². The van der Waals surface area contributed by atoms with E-state index in [9.17, 15) is 4.79 Å². The average Bonchev–Trinajstić information content (AvgIpc) is 2.40. The zero-order chi connectivity index (χ0) is 16.2. The van der Waals surface area contributed by atoms with Gasteiger partial charge in [0.05, 0.1) is 19.3 Å². The Hall–Kier alpha value is -0.730. The van der Waals surface area contributed by atoms with Gasteiger partial charge in [0.2, 0.25) is 0 Å². The number of esters is 1. The second kappa shape index (κ2) is 23.4. The summed E-state index contributed by atoms with van der Waals surface area (Å²) in [4.78, 5) is 10.0. The second-order valence-corrected chi connectivity index (χ2v) is 3.70. The number of ether oxygens (including phenoxy) is 2. The van der Waals surface area contributed by atoms with Crippen molar-refractivity contribution >= 4 is 5.97 Å². The molecule has 1 unspecified atom stereocenters. The number of unbranched alkanes of at least 4 members (excludes halogenated alkanes) is 1. The first-order valence-corrected chi connectivity index (χ1v) is 6.62. The Kier molecular flexibility index (Phi) is 28.4. The van der Waals surface area contributed by atoms with Crippen molar-refractivity contribution in [2.75, 3.05) is 40.1 Å². The fraction of sp³-hybridized carbons (Fsp3) is 0.923. The lowest BCUT2D eigenvalue weighted by molar-refractivity contribution is -0.142. The Balaban J connectivity index is -0.000000243. The minimum atomic E-state index is -0.600. The van der Waals surface area contributed by atoms with Gasteiger partial charge in [-0.05, 0) is 26.2 Å². The summed E-state index contributed by atoms with van der Waals surface area (Å²) >= 11 is 0. The molecule has 0 aromatic rings. The number of aliphatic hydroxyl groups is 4. The molecule has 0 radical (unpaired) electrons. The highest BCUT2D eigenvalue weighted by Crippen LogP contribution is 1.98. The highest BCUT2D eigenvalue weighted by Gasteiger charge is 1.99. The van der Waals surface area contributed by atoms with Gasteiger partial charge in [0.1, 0.15) is 6.61 Å². The number of hydrogen-bond donors (Lipinski definition) is 4. The lowest BCUT2D eigenvalue weighted by Gasteiger charge is -2.03. The lowest BCUT2D eigenvalue weighted by Crippen LogP contribution is -2.11. The van der Waals surface area contributed by atoms with E-state index in [0.29, 0.717) is 26.1 Å². The van der Waals surface area contributed by atoms with Gasteiger partial charge in [0, 0.05) is 27.2 Å². The molecule has 0 amide bonds. The molecule has 7 heteroatoms. The average molecular weight is 298 g/mol. The number of rotatable bonds is 8. The van der Waals surface area contributed by atoms with Crippen molar-refractivity contribution in [3.8, 4) is 0 Å². The van der Waals surface area contributed by atoms with Gasteiger partial charge in [-0.25, -0.2) is 0 Å². The fourth-order valence-corrected chi connectivity index (χ4v) is 0.852. The number of carbonyl (C=O) groups excluding carboxylic acids is 1. The van der Waals surface area contributed by atoms with Gasteiger partial charge in [0.25, 0.3) is 0 Å². The predicted molar refractivity (Wildman–Crippen MR) is 75.3 cm³/mol. The van der Waals surface area contributed by atoms with E-state index < -0.39 is 6.10 Å². The maximum absolute atomic E-state index is 10.0. The van der Waals surface area contributed by atoms with Crippen LogP contribution in [0.3, 0.4) is 0 Å². The van der Waals surface area contributed by atoms with Crippen LogP contribution < -0.4 is 0 Å². The van der Waals surface area contributed by atoms with Crippen LogP contribution in [0.25, 0.3) is 0 Å². The third-order valence-corrected chi connectivity index (χ3v) is 1.75. The summed E-state index contributed by atoms with van der Waals surface area (Å²) in [5.74, 6) is -0.262. The number of methoxy groups -OCH3 is 1. The normalized spacial score (nSPS) is 10.6. The zero-order valence-electron chi connectivity index (χ0n) is 12.7. The molecule has 0 saturated carbocycles. The van der Waals surface area contributed by atoms with Crippen LogP contribution in [0.1, 0.15) is 33.1 Å². The lowest BCUT2D eigenvalue weighted by atomic mass is 10.2. The SMILES string of the molecule is CCO.COCCOC(C)=O.OCCCCC(O)CO. The molecule has 0 bridgehead atoms. The van der Waals surface area contributed by atoms with Crippen LogP contribution in [-0.2, 0) is 14.3 Å². The van der Waals surface area contributed by atoms with E-state index in [1.54, 1.807) is 14.0 Å². The molecular weight excluding hydrogens is 268 g/mol. The van der Waals surface area contributed by atoms with E-state index in [1.807, 2.05) is 0 Å². The Morgan fingerprint density at radius 1 is 1.15 bits per heavy atom. The van der Waals surface area contributed by atoms with Gasteiger partial charge in [-0.2, -0.15) is 0 Å². The van der Waals surface area contributed by atoms with E-state index in [1.165, 1.54) is 6.92 Å². The van der Waals surface area contributed by atoms with Gasteiger partial charge >= 0.3 is 5.97 Å². The Morgan fingerprint density at radius 2 is 1.70 bits per heavy atom. The first-order chi connectivity index (χ1) is 9.49. The molecule has 0 saturated heterocycles. The number of hydrogen-bond acceptors (Lipinski definition) is 7. The van der Waals surface area contributed by atoms with Crippen molar-refractivity contribution in [2.24, 2.45) is 0 Å². The van der Waals surface area contributed by atoms with Gasteiger partial charge < -0.3 is 29.9 Å². The van der Waals surface area contributed by atoms with Crippen molar-refractivity contribution in [2.45, 2.75) is 39.2 Å². The summed E-state index contributed by atoms with van der Waals surface area (Å²) in [6.45, 7) is 4.12. The highest BCUT2D eigenvalue weighted by molar-refractivity contribution is 5.65. The van der Waals surface area contributed by atoms with E-state index in [4.69, 9.17) is 20.4 Å². The predicted octanol–water partition coefficient (Wildman–Crippen LogP) is -0.303. The molecule has 7 nitrogen and oxygen atoms in total. The maximum Gasteiger partial charge on any atom is 0.302 e. The molecule has 0 rings (SSSR count). The molecule has 0 aliphatic rings.